The van der Waals surface area contributed by atoms with Crippen LogP contribution in [-0.2, 0) is 12.8 Å². The van der Waals surface area contributed by atoms with Crippen LogP contribution in [0.5, 0.6) is 0 Å². The molecular formula is C13H13N3O. The van der Waals surface area contributed by atoms with E-state index in [-0.39, 0.29) is 0 Å². The lowest BCUT2D eigenvalue weighted by Gasteiger charge is -2.12. The zero-order valence-electron chi connectivity index (χ0n) is 9.32. The second-order valence-electron chi connectivity index (χ2n) is 4.30. The first-order valence-corrected chi connectivity index (χ1v) is 5.64. The third-order valence-corrected chi connectivity index (χ3v) is 3.31. The molecule has 0 saturated heterocycles. The van der Waals surface area contributed by atoms with Gasteiger partial charge < -0.3 is 9.77 Å². The van der Waals surface area contributed by atoms with Crippen LogP contribution in [0.3, 0.4) is 0 Å². The van der Waals surface area contributed by atoms with Crippen molar-refractivity contribution in [3.63, 3.8) is 0 Å². The summed E-state index contributed by atoms with van der Waals surface area (Å²) in [4.78, 5) is 4.11. The van der Waals surface area contributed by atoms with Gasteiger partial charge in [0.15, 0.2) is 0 Å². The maximum Gasteiger partial charge on any atom is 0.0954 e. The van der Waals surface area contributed by atoms with Gasteiger partial charge in [-0.05, 0) is 24.0 Å². The van der Waals surface area contributed by atoms with E-state index >= 15 is 0 Å². The lowest BCUT2D eigenvalue weighted by molar-refractivity contribution is 0.321. The summed E-state index contributed by atoms with van der Waals surface area (Å²) in [6.45, 7) is 0. The van der Waals surface area contributed by atoms with Crippen LogP contribution in [0, 0.1) is 0 Å². The Hall–Kier alpha value is -2.10. The van der Waals surface area contributed by atoms with E-state index in [4.69, 9.17) is 5.21 Å². The predicted molar refractivity (Wildman–Crippen MR) is 64.5 cm³/mol. The normalized spacial score (nSPS) is 15.5. The van der Waals surface area contributed by atoms with Crippen molar-refractivity contribution in [3.8, 4) is 0 Å². The van der Waals surface area contributed by atoms with Gasteiger partial charge in [-0.1, -0.05) is 29.4 Å². The summed E-state index contributed by atoms with van der Waals surface area (Å²) in [6, 6.07) is 8.87. The minimum Gasteiger partial charge on any atom is -0.411 e. The van der Waals surface area contributed by atoms with Crippen LogP contribution in [-0.4, -0.2) is 21.0 Å². The molecule has 0 radical (unpaired) electrons. The van der Waals surface area contributed by atoms with Crippen molar-refractivity contribution in [2.75, 3.05) is 0 Å². The minimum absolute atomic E-state index is 0.378. The van der Waals surface area contributed by atoms with Crippen LogP contribution >= 0.6 is 0 Å². The number of benzene rings is 1. The van der Waals surface area contributed by atoms with Crippen molar-refractivity contribution in [1.82, 2.24) is 9.55 Å². The molecule has 1 N–H and O–H groups in total. The highest BCUT2D eigenvalue weighted by Crippen LogP contribution is 2.30. The predicted octanol–water partition coefficient (Wildman–Crippen LogP) is 2.03. The molecule has 1 aliphatic carbocycles. The molecule has 0 unspecified atom stereocenters. The van der Waals surface area contributed by atoms with Crippen molar-refractivity contribution in [1.29, 1.82) is 0 Å². The highest BCUT2D eigenvalue weighted by Gasteiger charge is 2.23. The van der Waals surface area contributed by atoms with E-state index in [9.17, 15) is 0 Å². The average molecular weight is 227 g/mol. The largest absolute Gasteiger partial charge is 0.411 e. The van der Waals surface area contributed by atoms with Crippen LogP contribution < -0.4 is 0 Å². The molecule has 0 atom stereocenters. The smallest absolute Gasteiger partial charge is 0.0954 e. The van der Waals surface area contributed by atoms with Gasteiger partial charge in [-0.25, -0.2) is 4.98 Å². The quantitative estimate of drug-likeness (QED) is 0.485. The molecule has 86 valence electrons. The van der Waals surface area contributed by atoms with Gasteiger partial charge in [-0.2, -0.15) is 0 Å². The third-order valence-electron chi connectivity index (χ3n) is 3.31. The van der Waals surface area contributed by atoms with Crippen LogP contribution in [0.4, 0.5) is 0 Å². The van der Waals surface area contributed by atoms with E-state index < -0.39 is 0 Å². The Morgan fingerprint density at radius 1 is 1.29 bits per heavy atom. The van der Waals surface area contributed by atoms with E-state index in [1.807, 2.05) is 0 Å². The third kappa shape index (κ3) is 1.71. The maximum atomic E-state index is 8.61. The van der Waals surface area contributed by atoms with Gasteiger partial charge in [-0.15, -0.1) is 0 Å². The number of nitrogens with zero attached hydrogens (tertiary/aromatic N) is 3. The first-order chi connectivity index (χ1) is 8.38. The maximum absolute atomic E-state index is 8.61. The van der Waals surface area contributed by atoms with Crippen LogP contribution in [0.2, 0.25) is 0 Å². The number of rotatable bonds is 2. The molecule has 1 aromatic heterocycles. The van der Waals surface area contributed by atoms with Gasteiger partial charge >= 0.3 is 0 Å². The van der Waals surface area contributed by atoms with Crippen LogP contribution in [0.15, 0.2) is 41.9 Å². The highest BCUT2D eigenvalue weighted by atomic mass is 16.4. The van der Waals surface area contributed by atoms with Gasteiger partial charge in [0.1, 0.15) is 0 Å². The molecule has 0 amide bonds. The Balaban J connectivity index is 1.91. The first-order valence-electron chi connectivity index (χ1n) is 5.64. The summed E-state index contributed by atoms with van der Waals surface area (Å²) in [5, 5.41) is 11.7. The first kappa shape index (κ1) is 10.1. The summed E-state index contributed by atoms with van der Waals surface area (Å²) in [5.41, 5.74) is 3.64. The molecule has 0 spiro atoms. The zero-order valence-corrected chi connectivity index (χ0v) is 9.32. The van der Waals surface area contributed by atoms with E-state index in [0.29, 0.717) is 6.04 Å². The number of imidazole rings is 1. The van der Waals surface area contributed by atoms with Gasteiger partial charge in [-0.3, -0.25) is 0 Å². The lowest BCUT2D eigenvalue weighted by atomic mass is 10.1. The molecule has 0 aliphatic heterocycles. The van der Waals surface area contributed by atoms with Crippen molar-refractivity contribution in [2.45, 2.75) is 18.9 Å². The second kappa shape index (κ2) is 4.05. The van der Waals surface area contributed by atoms with E-state index in [2.05, 4.69) is 39.0 Å². The van der Waals surface area contributed by atoms with Gasteiger partial charge in [0.05, 0.1) is 24.4 Å². The molecule has 1 heterocycles. The molecule has 1 aliphatic rings. The standard InChI is InChI=1S/C13H13N3O/c17-15-8-13-7-14-9-16(13)12-5-10-3-1-2-4-11(10)6-12/h1-4,7-9,12,17H,5-6H2/b15-8+. The monoisotopic (exact) mass is 227 g/mol. The van der Waals surface area contributed by atoms with Crippen molar-refractivity contribution >= 4 is 6.21 Å². The van der Waals surface area contributed by atoms with Gasteiger partial charge in [0, 0.05) is 6.04 Å². The fourth-order valence-electron chi connectivity index (χ4n) is 2.51. The summed E-state index contributed by atoms with van der Waals surface area (Å²) < 4.78 is 2.07. The Bertz CT molecular complexity index is 534. The molecular weight excluding hydrogens is 214 g/mol. The SMILES string of the molecule is O/N=C/c1cncn1C1Cc2ccccc2C1. The molecule has 0 bridgehead atoms. The molecule has 0 fully saturated rings. The number of aromatic nitrogens is 2. The fraction of sp³-hybridized carbons (Fsp3) is 0.231. The van der Waals surface area contributed by atoms with Crippen LogP contribution in [0.25, 0.3) is 0 Å². The number of fused-ring (bicyclic) bond motifs is 1. The fourth-order valence-corrected chi connectivity index (χ4v) is 2.51. The summed E-state index contributed by atoms with van der Waals surface area (Å²) >= 11 is 0. The number of hydrogen-bond donors (Lipinski definition) is 1. The second-order valence-corrected chi connectivity index (χ2v) is 4.30. The summed E-state index contributed by atoms with van der Waals surface area (Å²) in [5.74, 6) is 0. The van der Waals surface area contributed by atoms with E-state index in [0.717, 1.165) is 18.5 Å². The number of hydrogen-bond acceptors (Lipinski definition) is 3. The van der Waals surface area contributed by atoms with Crippen molar-refractivity contribution in [3.05, 3.63) is 53.6 Å². The summed E-state index contributed by atoms with van der Waals surface area (Å²) in [7, 11) is 0. The van der Waals surface area contributed by atoms with E-state index in [1.165, 1.54) is 17.3 Å². The Morgan fingerprint density at radius 2 is 2.00 bits per heavy atom. The van der Waals surface area contributed by atoms with Crippen molar-refractivity contribution < 1.29 is 5.21 Å². The Kier molecular flexibility index (Phi) is 2.40. The topological polar surface area (TPSA) is 50.4 Å². The molecule has 4 heteroatoms. The Morgan fingerprint density at radius 3 is 2.65 bits per heavy atom. The zero-order chi connectivity index (χ0) is 11.7. The molecule has 2 aromatic rings. The molecule has 1 aromatic carbocycles. The lowest BCUT2D eigenvalue weighted by Crippen LogP contribution is -2.10. The summed E-state index contributed by atoms with van der Waals surface area (Å²) in [6.07, 6.45) is 6.96. The van der Waals surface area contributed by atoms with E-state index in [1.54, 1.807) is 12.5 Å². The average Bonchev–Trinajstić information content (AvgIpc) is 2.94. The van der Waals surface area contributed by atoms with Gasteiger partial charge in [0.25, 0.3) is 0 Å². The number of oxime groups is 1. The molecule has 17 heavy (non-hydrogen) atoms. The molecule has 3 rings (SSSR count). The van der Waals surface area contributed by atoms with Gasteiger partial charge in [0.2, 0.25) is 0 Å². The highest BCUT2D eigenvalue weighted by molar-refractivity contribution is 5.76. The van der Waals surface area contributed by atoms with Crippen LogP contribution in [0.1, 0.15) is 22.9 Å². The molecule has 0 saturated carbocycles. The van der Waals surface area contributed by atoms with Crippen molar-refractivity contribution in [2.24, 2.45) is 5.16 Å². The Labute approximate surface area is 99.2 Å². The molecule has 4 nitrogen and oxygen atoms in total. The minimum atomic E-state index is 0.378.